The van der Waals surface area contributed by atoms with E-state index in [1.807, 2.05) is 31.2 Å². The van der Waals surface area contributed by atoms with Crippen LogP contribution in [0.1, 0.15) is 27.7 Å². The topological polar surface area (TPSA) is 50.7 Å². The summed E-state index contributed by atoms with van der Waals surface area (Å²) in [6.45, 7) is 8.59. The minimum absolute atomic E-state index is 0.0301. The molecule has 1 aliphatic heterocycles. The van der Waals surface area contributed by atoms with Gasteiger partial charge in [0.25, 0.3) is 0 Å². The monoisotopic (exact) mass is 265 g/mol. The maximum atomic E-state index is 10.3. The predicted molar refractivity (Wildman–Crippen MR) is 74.7 cm³/mol. The van der Waals surface area contributed by atoms with Crippen LogP contribution in [0.4, 0.5) is 0 Å². The SMILES string of the molecule is C[C@@H]1Oc2ccccc2O[C@@H]1[C@H](O)CNC(C)(C)C. The molecule has 2 N–H and O–H groups in total. The van der Waals surface area contributed by atoms with Gasteiger partial charge >= 0.3 is 0 Å². The lowest BCUT2D eigenvalue weighted by atomic mass is 10.0. The number of fused-ring (bicyclic) bond motifs is 1. The van der Waals surface area contributed by atoms with Gasteiger partial charge in [-0.1, -0.05) is 12.1 Å². The summed E-state index contributed by atoms with van der Waals surface area (Å²) in [4.78, 5) is 0. The molecule has 0 aliphatic carbocycles. The Morgan fingerprint density at radius 1 is 1.21 bits per heavy atom. The molecule has 0 fully saturated rings. The van der Waals surface area contributed by atoms with Crippen LogP contribution in [0.15, 0.2) is 24.3 Å². The van der Waals surface area contributed by atoms with Crippen LogP contribution in [0.25, 0.3) is 0 Å². The molecule has 0 spiro atoms. The minimum atomic E-state index is -0.609. The van der Waals surface area contributed by atoms with Gasteiger partial charge in [0.2, 0.25) is 0 Å². The number of nitrogens with one attached hydrogen (secondary N) is 1. The van der Waals surface area contributed by atoms with Crippen molar-refractivity contribution >= 4 is 0 Å². The second kappa shape index (κ2) is 5.39. The highest BCUT2D eigenvalue weighted by Gasteiger charge is 2.34. The van der Waals surface area contributed by atoms with Gasteiger partial charge in [0, 0.05) is 12.1 Å². The second-order valence-corrected chi connectivity index (χ2v) is 6.05. The van der Waals surface area contributed by atoms with Crippen LogP contribution in [0, 0.1) is 0 Å². The Bertz CT molecular complexity index is 428. The summed E-state index contributed by atoms with van der Waals surface area (Å²) in [5.74, 6) is 1.43. The highest BCUT2D eigenvalue weighted by Crippen LogP contribution is 2.34. The van der Waals surface area contributed by atoms with Gasteiger partial charge in [0.1, 0.15) is 12.2 Å². The molecule has 19 heavy (non-hydrogen) atoms. The van der Waals surface area contributed by atoms with Crippen LogP contribution in [0.3, 0.4) is 0 Å². The van der Waals surface area contributed by atoms with E-state index < -0.39 is 6.10 Å². The number of para-hydroxylation sites is 2. The zero-order valence-electron chi connectivity index (χ0n) is 12.0. The van der Waals surface area contributed by atoms with Crippen LogP contribution in [-0.2, 0) is 0 Å². The van der Waals surface area contributed by atoms with Crippen molar-refractivity contribution in [3.05, 3.63) is 24.3 Å². The molecular formula is C15H23NO3. The molecule has 2 rings (SSSR count). The van der Waals surface area contributed by atoms with Gasteiger partial charge in [-0.25, -0.2) is 0 Å². The van der Waals surface area contributed by atoms with Crippen LogP contribution >= 0.6 is 0 Å². The molecule has 0 radical (unpaired) electrons. The first kappa shape index (κ1) is 14.2. The van der Waals surface area contributed by atoms with Crippen molar-refractivity contribution in [2.45, 2.75) is 51.5 Å². The van der Waals surface area contributed by atoms with Gasteiger partial charge in [-0.2, -0.15) is 0 Å². The fourth-order valence-corrected chi connectivity index (χ4v) is 2.07. The molecule has 0 amide bonds. The summed E-state index contributed by atoms with van der Waals surface area (Å²) in [6, 6.07) is 7.54. The first-order valence-corrected chi connectivity index (χ1v) is 6.72. The Morgan fingerprint density at radius 2 is 1.79 bits per heavy atom. The Morgan fingerprint density at radius 3 is 2.37 bits per heavy atom. The Balaban J connectivity index is 2.01. The molecule has 1 heterocycles. The second-order valence-electron chi connectivity index (χ2n) is 6.05. The van der Waals surface area contributed by atoms with Gasteiger partial charge in [-0.3, -0.25) is 0 Å². The number of aliphatic hydroxyl groups excluding tert-OH is 1. The maximum absolute atomic E-state index is 10.3. The zero-order chi connectivity index (χ0) is 14.0. The molecule has 0 saturated heterocycles. The molecule has 0 bridgehead atoms. The van der Waals surface area contributed by atoms with Crippen molar-refractivity contribution in [3.8, 4) is 11.5 Å². The van der Waals surface area contributed by atoms with Crippen LogP contribution in [-0.4, -0.2) is 35.5 Å². The van der Waals surface area contributed by atoms with Crippen LogP contribution < -0.4 is 14.8 Å². The third kappa shape index (κ3) is 3.61. The fraction of sp³-hybridized carbons (Fsp3) is 0.600. The molecule has 4 nitrogen and oxygen atoms in total. The molecule has 1 aromatic carbocycles. The first-order chi connectivity index (χ1) is 8.87. The molecule has 4 heteroatoms. The Labute approximate surface area is 114 Å². The Kier molecular flexibility index (Phi) is 4.02. The molecule has 0 unspecified atom stereocenters. The number of aliphatic hydroxyl groups is 1. The summed E-state index contributed by atoms with van der Waals surface area (Å²) in [5, 5.41) is 13.5. The average molecular weight is 265 g/mol. The molecule has 0 aromatic heterocycles. The number of β-amino-alcohol motifs (C(OH)–C–C–N with tert-alkyl or cyclic N) is 1. The lowest BCUT2D eigenvalue weighted by molar-refractivity contribution is -0.0475. The molecule has 106 valence electrons. The van der Waals surface area contributed by atoms with Gasteiger partial charge in [-0.15, -0.1) is 0 Å². The van der Waals surface area contributed by atoms with Crippen molar-refractivity contribution in [1.82, 2.24) is 5.32 Å². The van der Waals surface area contributed by atoms with Crippen molar-refractivity contribution < 1.29 is 14.6 Å². The highest BCUT2D eigenvalue weighted by atomic mass is 16.6. The number of rotatable bonds is 3. The summed E-state index contributed by atoms with van der Waals surface area (Å²) < 4.78 is 11.6. The summed E-state index contributed by atoms with van der Waals surface area (Å²) in [5.41, 5.74) is -0.0301. The molecular weight excluding hydrogens is 242 g/mol. The number of benzene rings is 1. The van der Waals surface area contributed by atoms with Gasteiger partial charge in [0.15, 0.2) is 17.6 Å². The quantitative estimate of drug-likeness (QED) is 0.877. The number of hydrogen-bond donors (Lipinski definition) is 2. The van der Waals surface area contributed by atoms with E-state index in [-0.39, 0.29) is 17.7 Å². The van der Waals surface area contributed by atoms with E-state index in [0.29, 0.717) is 12.3 Å². The highest BCUT2D eigenvalue weighted by molar-refractivity contribution is 5.41. The largest absolute Gasteiger partial charge is 0.483 e. The summed E-state index contributed by atoms with van der Waals surface area (Å²) in [6.07, 6.45) is -1.14. The molecule has 3 atom stereocenters. The smallest absolute Gasteiger partial charge is 0.162 e. The third-order valence-electron chi connectivity index (χ3n) is 3.11. The van der Waals surface area contributed by atoms with E-state index in [2.05, 4.69) is 26.1 Å². The van der Waals surface area contributed by atoms with Crippen LogP contribution in [0.2, 0.25) is 0 Å². The van der Waals surface area contributed by atoms with Crippen LogP contribution in [0.5, 0.6) is 11.5 Å². The fourth-order valence-electron chi connectivity index (χ4n) is 2.07. The number of hydrogen-bond acceptors (Lipinski definition) is 4. The van der Waals surface area contributed by atoms with Gasteiger partial charge in [-0.05, 0) is 39.8 Å². The standard InChI is InChI=1S/C15H23NO3/c1-10-14(11(17)9-16-15(2,3)4)19-13-8-6-5-7-12(13)18-10/h5-8,10-11,14,16-17H,9H2,1-4H3/t10-,11+,14-/m0/s1. The van der Waals surface area contributed by atoms with E-state index in [1.54, 1.807) is 0 Å². The molecule has 1 aromatic rings. The third-order valence-corrected chi connectivity index (χ3v) is 3.11. The van der Waals surface area contributed by atoms with Crippen molar-refractivity contribution in [2.24, 2.45) is 0 Å². The van der Waals surface area contributed by atoms with E-state index in [0.717, 1.165) is 5.75 Å². The lowest BCUT2D eigenvalue weighted by Gasteiger charge is -2.35. The maximum Gasteiger partial charge on any atom is 0.162 e. The zero-order valence-corrected chi connectivity index (χ0v) is 12.0. The Hall–Kier alpha value is -1.26. The summed E-state index contributed by atoms with van der Waals surface area (Å²) in [7, 11) is 0. The summed E-state index contributed by atoms with van der Waals surface area (Å²) >= 11 is 0. The first-order valence-electron chi connectivity index (χ1n) is 6.72. The van der Waals surface area contributed by atoms with Crippen molar-refractivity contribution in [2.75, 3.05) is 6.54 Å². The predicted octanol–water partition coefficient (Wildman–Crippen LogP) is 1.96. The molecule has 1 aliphatic rings. The van der Waals surface area contributed by atoms with E-state index >= 15 is 0 Å². The lowest BCUT2D eigenvalue weighted by Crippen LogP contribution is -2.52. The average Bonchev–Trinajstić information content (AvgIpc) is 2.34. The number of ether oxygens (including phenoxy) is 2. The van der Waals surface area contributed by atoms with Gasteiger partial charge in [0.05, 0.1) is 0 Å². The molecule has 0 saturated carbocycles. The normalized spacial score (nSPS) is 24.1. The van der Waals surface area contributed by atoms with E-state index in [1.165, 1.54) is 0 Å². The van der Waals surface area contributed by atoms with E-state index in [9.17, 15) is 5.11 Å². The van der Waals surface area contributed by atoms with Crippen molar-refractivity contribution in [3.63, 3.8) is 0 Å². The van der Waals surface area contributed by atoms with Crippen molar-refractivity contribution in [1.29, 1.82) is 0 Å². The van der Waals surface area contributed by atoms with Gasteiger partial charge < -0.3 is 19.9 Å². The van der Waals surface area contributed by atoms with E-state index in [4.69, 9.17) is 9.47 Å². The minimum Gasteiger partial charge on any atom is -0.483 e.